The minimum atomic E-state index is -2.54. The highest BCUT2D eigenvalue weighted by atomic mass is 19.3. The predicted octanol–water partition coefficient (Wildman–Crippen LogP) is 2.16. The number of halogens is 2. The average molecular weight is 438 g/mol. The van der Waals surface area contributed by atoms with Gasteiger partial charge in [-0.3, -0.25) is 14.0 Å². The van der Waals surface area contributed by atoms with Crippen LogP contribution in [0.25, 0.3) is 11.3 Å². The van der Waals surface area contributed by atoms with Crippen LogP contribution in [0.1, 0.15) is 34.6 Å². The van der Waals surface area contributed by atoms with Crippen LogP contribution in [0.4, 0.5) is 8.78 Å². The molecule has 0 aliphatic heterocycles. The van der Waals surface area contributed by atoms with Gasteiger partial charge >= 0.3 is 0 Å². The summed E-state index contributed by atoms with van der Waals surface area (Å²) >= 11 is 0. The maximum atomic E-state index is 12.9. The summed E-state index contributed by atoms with van der Waals surface area (Å²) in [5.74, 6) is -3.01. The molecule has 0 aromatic carbocycles. The van der Waals surface area contributed by atoms with Gasteiger partial charge in [-0.1, -0.05) is 12.1 Å². The predicted molar refractivity (Wildman–Crippen MR) is 113 cm³/mol. The molecule has 0 radical (unpaired) electrons. The van der Waals surface area contributed by atoms with Crippen molar-refractivity contribution in [1.82, 2.24) is 29.4 Å². The van der Waals surface area contributed by atoms with Gasteiger partial charge in [0, 0.05) is 50.1 Å². The Morgan fingerprint density at radius 2 is 1.94 bits per heavy atom. The first kappa shape index (κ1) is 20.3. The van der Waals surface area contributed by atoms with Gasteiger partial charge in [-0.25, -0.2) is 18.7 Å². The SMILES string of the molecule is O=C(NCc1cn2cc(CNC3CC(F)(F)C3)ccc2n1)c1cc(=O)n2ccccc2n1. The van der Waals surface area contributed by atoms with E-state index in [-0.39, 0.29) is 36.7 Å². The second kappa shape index (κ2) is 7.79. The second-order valence-corrected chi connectivity index (χ2v) is 7.97. The van der Waals surface area contributed by atoms with Crippen molar-refractivity contribution in [1.29, 1.82) is 0 Å². The van der Waals surface area contributed by atoms with E-state index in [4.69, 9.17) is 0 Å². The molecule has 1 amide bonds. The number of hydrogen-bond acceptors (Lipinski definition) is 5. The van der Waals surface area contributed by atoms with E-state index >= 15 is 0 Å². The molecule has 8 nitrogen and oxygen atoms in total. The molecule has 1 aliphatic rings. The van der Waals surface area contributed by atoms with Crippen molar-refractivity contribution in [2.75, 3.05) is 0 Å². The maximum absolute atomic E-state index is 12.9. The number of alkyl halides is 2. The fourth-order valence-corrected chi connectivity index (χ4v) is 3.78. The normalized spacial score (nSPS) is 15.7. The smallest absolute Gasteiger partial charge is 0.270 e. The lowest BCUT2D eigenvalue weighted by molar-refractivity contribution is -0.0930. The lowest BCUT2D eigenvalue weighted by Crippen LogP contribution is -2.48. The molecule has 164 valence electrons. The summed E-state index contributed by atoms with van der Waals surface area (Å²) in [6.45, 7) is 0.658. The number of imidazole rings is 1. The van der Waals surface area contributed by atoms with E-state index in [9.17, 15) is 18.4 Å². The molecule has 32 heavy (non-hydrogen) atoms. The van der Waals surface area contributed by atoms with Crippen molar-refractivity contribution in [3.8, 4) is 0 Å². The summed E-state index contributed by atoms with van der Waals surface area (Å²) in [5, 5.41) is 5.87. The Morgan fingerprint density at radius 1 is 1.09 bits per heavy atom. The molecule has 4 aromatic rings. The van der Waals surface area contributed by atoms with Gasteiger partial charge in [-0.15, -0.1) is 0 Å². The first-order valence-electron chi connectivity index (χ1n) is 10.2. The second-order valence-electron chi connectivity index (χ2n) is 7.97. The molecule has 4 aromatic heterocycles. The van der Waals surface area contributed by atoms with E-state index in [2.05, 4.69) is 20.6 Å². The number of carbonyl (C=O) groups excluding carboxylic acids is 1. The minimum Gasteiger partial charge on any atom is -0.345 e. The molecule has 1 aliphatic carbocycles. The van der Waals surface area contributed by atoms with Gasteiger partial charge in [0.25, 0.3) is 17.4 Å². The summed E-state index contributed by atoms with van der Waals surface area (Å²) in [6, 6.07) is 9.88. The van der Waals surface area contributed by atoms with E-state index in [1.54, 1.807) is 30.6 Å². The molecule has 0 atom stereocenters. The van der Waals surface area contributed by atoms with E-state index in [0.717, 1.165) is 5.56 Å². The fraction of sp³-hybridized carbons (Fsp3) is 0.273. The molecule has 0 saturated heterocycles. The average Bonchev–Trinajstić information content (AvgIpc) is 3.16. The van der Waals surface area contributed by atoms with Crippen LogP contribution in [-0.4, -0.2) is 36.6 Å². The number of hydrogen-bond donors (Lipinski definition) is 2. The van der Waals surface area contributed by atoms with Crippen molar-refractivity contribution < 1.29 is 13.6 Å². The lowest BCUT2D eigenvalue weighted by atomic mass is 9.88. The lowest BCUT2D eigenvalue weighted by Gasteiger charge is -2.35. The standard InChI is InChI=1S/C22H20F2N6O2/c23-22(24)8-15(9-22)25-10-14-4-5-18-27-16(13-29(18)12-14)11-26-21(32)17-7-20(31)30-6-2-1-3-19(30)28-17/h1-7,12-13,15,25H,8-11H2,(H,26,32). The summed E-state index contributed by atoms with van der Waals surface area (Å²) < 4.78 is 29.1. The molecule has 1 saturated carbocycles. The largest absolute Gasteiger partial charge is 0.345 e. The van der Waals surface area contributed by atoms with Gasteiger partial charge in [0.1, 0.15) is 17.0 Å². The van der Waals surface area contributed by atoms with E-state index in [1.165, 1.54) is 10.5 Å². The third-order valence-corrected chi connectivity index (χ3v) is 5.48. The van der Waals surface area contributed by atoms with E-state index < -0.39 is 11.8 Å². The number of nitrogens with one attached hydrogen (secondary N) is 2. The zero-order valence-corrected chi connectivity index (χ0v) is 17.0. The first-order valence-corrected chi connectivity index (χ1v) is 10.2. The summed E-state index contributed by atoms with van der Waals surface area (Å²) in [5.41, 5.74) is 2.39. The van der Waals surface area contributed by atoms with Gasteiger partial charge in [-0.2, -0.15) is 0 Å². The Bertz CT molecular complexity index is 1370. The zero-order chi connectivity index (χ0) is 22.3. The highest BCUT2D eigenvalue weighted by Gasteiger charge is 2.44. The number of nitrogens with zero attached hydrogens (tertiary/aromatic N) is 4. The fourth-order valence-electron chi connectivity index (χ4n) is 3.78. The van der Waals surface area contributed by atoms with Crippen molar-refractivity contribution in [2.45, 2.75) is 37.9 Å². The molecule has 5 rings (SSSR count). The number of carbonyl (C=O) groups is 1. The van der Waals surface area contributed by atoms with E-state index in [1.807, 2.05) is 22.7 Å². The summed E-state index contributed by atoms with van der Waals surface area (Å²) in [7, 11) is 0. The van der Waals surface area contributed by atoms with Crippen molar-refractivity contribution >= 4 is 17.2 Å². The Hall–Kier alpha value is -3.66. The molecular weight excluding hydrogens is 418 g/mol. The Labute approximate surface area is 180 Å². The van der Waals surface area contributed by atoms with Crippen LogP contribution in [0.2, 0.25) is 0 Å². The summed E-state index contributed by atoms with van der Waals surface area (Å²) in [6.07, 6.45) is 5.02. The molecule has 0 bridgehead atoms. The highest BCUT2D eigenvalue weighted by Crippen LogP contribution is 2.37. The third kappa shape index (κ3) is 4.09. The maximum Gasteiger partial charge on any atom is 0.270 e. The van der Waals surface area contributed by atoms with E-state index in [0.29, 0.717) is 23.5 Å². The summed E-state index contributed by atoms with van der Waals surface area (Å²) in [4.78, 5) is 33.4. The number of rotatable bonds is 6. The number of aromatic nitrogens is 4. The molecular formula is C22H20F2N6O2. The number of fused-ring (bicyclic) bond motifs is 2. The van der Waals surface area contributed by atoms with Gasteiger partial charge in [-0.05, 0) is 23.8 Å². The molecule has 0 unspecified atom stereocenters. The van der Waals surface area contributed by atoms with Crippen LogP contribution in [-0.2, 0) is 13.1 Å². The van der Waals surface area contributed by atoms with Crippen molar-refractivity contribution in [3.05, 3.63) is 82.3 Å². The van der Waals surface area contributed by atoms with Gasteiger partial charge in [0.05, 0.1) is 12.2 Å². The molecule has 0 spiro atoms. The van der Waals surface area contributed by atoms with Crippen LogP contribution in [0.3, 0.4) is 0 Å². The molecule has 10 heteroatoms. The van der Waals surface area contributed by atoms with Gasteiger partial charge < -0.3 is 15.0 Å². The van der Waals surface area contributed by atoms with Crippen LogP contribution in [0, 0.1) is 0 Å². The monoisotopic (exact) mass is 438 g/mol. The van der Waals surface area contributed by atoms with Crippen molar-refractivity contribution in [2.24, 2.45) is 0 Å². The minimum absolute atomic E-state index is 0.0416. The molecule has 1 fully saturated rings. The van der Waals surface area contributed by atoms with Crippen molar-refractivity contribution in [3.63, 3.8) is 0 Å². The van der Waals surface area contributed by atoms with Crippen LogP contribution in [0.15, 0.2) is 59.8 Å². The topological polar surface area (TPSA) is 92.8 Å². The third-order valence-electron chi connectivity index (χ3n) is 5.48. The number of amides is 1. The van der Waals surface area contributed by atoms with Crippen LogP contribution < -0.4 is 16.2 Å². The van der Waals surface area contributed by atoms with Gasteiger partial charge in [0.2, 0.25) is 0 Å². The molecule has 4 heterocycles. The Morgan fingerprint density at radius 3 is 2.75 bits per heavy atom. The Kier molecular flexibility index (Phi) is 4.93. The van der Waals surface area contributed by atoms with Gasteiger partial charge in [0.15, 0.2) is 0 Å². The zero-order valence-electron chi connectivity index (χ0n) is 17.0. The van der Waals surface area contributed by atoms with Crippen LogP contribution in [0.5, 0.6) is 0 Å². The highest BCUT2D eigenvalue weighted by molar-refractivity contribution is 5.92. The van der Waals surface area contributed by atoms with Crippen LogP contribution >= 0.6 is 0 Å². The number of pyridine rings is 2. The Balaban J connectivity index is 1.23. The molecule has 2 N–H and O–H groups in total. The quantitative estimate of drug-likeness (QED) is 0.481. The first-order chi connectivity index (χ1) is 15.4.